The highest BCUT2D eigenvalue weighted by atomic mass is 19.3. The van der Waals surface area contributed by atoms with Crippen LogP contribution in [0.1, 0.15) is 108 Å². The average Bonchev–Trinajstić information content (AvgIpc) is 2.86. The number of benzene rings is 1. The van der Waals surface area contributed by atoms with E-state index in [1.54, 1.807) is 0 Å². The van der Waals surface area contributed by atoms with Crippen molar-refractivity contribution < 1.29 is 31.1 Å². The predicted octanol–water partition coefficient (Wildman–Crippen LogP) is 10.4. The van der Waals surface area contributed by atoms with Gasteiger partial charge in [0.2, 0.25) is 0 Å². The Morgan fingerprint density at radius 3 is 1.65 bits per heavy atom. The average molecular weight is 531 g/mol. The van der Waals surface area contributed by atoms with Crippen molar-refractivity contribution >= 4 is 0 Å². The monoisotopic (exact) mass is 530 g/mol. The minimum absolute atomic E-state index is 0.0485. The first kappa shape index (κ1) is 28.4. The highest BCUT2D eigenvalue weighted by Crippen LogP contribution is 2.48. The van der Waals surface area contributed by atoms with Crippen molar-refractivity contribution in [1.29, 1.82) is 0 Å². The summed E-state index contributed by atoms with van der Waals surface area (Å²) in [5.74, 6) is 0.114. The standard InChI is InChI=1S/C30H40F6O/c1-2-3-19-4-6-20(7-5-19)21-8-10-22(11-9-21)23-12-14-24(15-13-23)25-16-26(31)29(27(32)17-25)37-30(35,36)18-28(33)34/h16-24H,2-15H2,1H3. The zero-order valence-corrected chi connectivity index (χ0v) is 21.8. The minimum atomic E-state index is -4.51. The van der Waals surface area contributed by atoms with Crippen LogP contribution in [0, 0.1) is 41.2 Å². The van der Waals surface area contributed by atoms with E-state index < -0.39 is 35.6 Å². The van der Waals surface area contributed by atoms with Crippen LogP contribution in [-0.4, -0.2) is 6.11 Å². The molecule has 37 heavy (non-hydrogen) atoms. The van der Waals surface area contributed by atoms with E-state index in [4.69, 9.17) is 0 Å². The number of rotatable bonds is 8. The van der Waals surface area contributed by atoms with Crippen LogP contribution >= 0.6 is 0 Å². The topological polar surface area (TPSA) is 9.23 Å². The molecule has 0 spiro atoms. The van der Waals surface area contributed by atoms with Gasteiger partial charge in [-0.3, -0.25) is 0 Å². The van der Waals surface area contributed by atoms with E-state index in [0.717, 1.165) is 61.5 Å². The fraction of sp³-hybridized carbons (Fsp3) is 0.733. The van der Waals surface area contributed by atoms with Crippen molar-refractivity contribution in [3.8, 4) is 5.75 Å². The fourth-order valence-corrected chi connectivity index (χ4v) is 7.57. The second kappa shape index (κ2) is 12.5. The molecule has 1 aromatic carbocycles. The van der Waals surface area contributed by atoms with E-state index in [-0.39, 0.29) is 5.92 Å². The lowest BCUT2D eigenvalue weighted by molar-refractivity contribution is -0.137. The number of ether oxygens (including phenoxy) is 1. The summed E-state index contributed by atoms with van der Waals surface area (Å²) in [6, 6.07) is 2.02. The van der Waals surface area contributed by atoms with Gasteiger partial charge in [0.1, 0.15) is 0 Å². The summed E-state index contributed by atoms with van der Waals surface area (Å²) < 4.78 is 84.1. The van der Waals surface area contributed by atoms with Crippen LogP contribution in [0.3, 0.4) is 0 Å². The number of alkyl halides is 2. The molecule has 3 saturated carbocycles. The number of hydrogen-bond donors (Lipinski definition) is 0. The van der Waals surface area contributed by atoms with Crippen LogP contribution in [0.2, 0.25) is 0 Å². The van der Waals surface area contributed by atoms with Crippen LogP contribution < -0.4 is 4.74 Å². The molecule has 7 heteroatoms. The van der Waals surface area contributed by atoms with Crippen LogP contribution in [0.4, 0.5) is 26.3 Å². The molecule has 1 aromatic rings. The highest BCUT2D eigenvalue weighted by molar-refractivity contribution is 5.34. The maximum absolute atomic E-state index is 14.4. The summed E-state index contributed by atoms with van der Waals surface area (Å²) in [4.78, 5) is 0. The van der Waals surface area contributed by atoms with Crippen LogP contribution in [-0.2, 0) is 0 Å². The Balaban J connectivity index is 1.26. The van der Waals surface area contributed by atoms with Gasteiger partial charge in [0.05, 0.1) is 6.08 Å². The molecular formula is C30H40F6O. The molecule has 0 amide bonds. The first-order valence-corrected chi connectivity index (χ1v) is 14.2. The van der Waals surface area contributed by atoms with Gasteiger partial charge in [-0.15, -0.1) is 0 Å². The lowest BCUT2D eigenvalue weighted by Gasteiger charge is -2.41. The summed E-state index contributed by atoms with van der Waals surface area (Å²) in [6.07, 6.45) is 9.18. The quantitative estimate of drug-likeness (QED) is 0.304. The van der Waals surface area contributed by atoms with Crippen molar-refractivity contribution in [1.82, 2.24) is 0 Å². The highest BCUT2D eigenvalue weighted by Gasteiger charge is 2.36. The third-order valence-corrected chi connectivity index (χ3v) is 9.52. The van der Waals surface area contributed by atoms with E-state index in [0.29, 0.717) is 11.5 Å². The van der Waals surface area contributed by atoms with Crippen molar-refractivity contribution in [2.24, 2.45) is 29.6 Å². The lowest BCUT2D eigenvalue weighted by Crippen LogP contribution is -2.29. The van der Waals surface area contributed by atoms with Gasteiger partial charge in [-0.1, -0.05) is 32.6 Å². The molecule has 4 rings (SSSR count). The van der Waals surface area contributed by atoms with Gasteiger partial charge in [0.15, 0.2) is 17.4 Å². The summed E-state index contributed by atoms with van der Waals surface area (Å²) >= 11 is 0. The van der Waals surface area contributed by atoms with E-state index in [2.05, 4.69) is 11.7 Å². The van der Waals surface area contributed by atoms with Crippen LogP contribution in [0.5, 0.6) is 5.75 Å². The molecule has 0 saturated heterocycles. The molecule has 0 aromatic heterocycles. The molecule has 0 N–H and O–H groups in total. The van der Waals surface area contributed by atoms with Gasteiger partial charge >= 0.3 is 6.11 Å². The fourth-order valence-electron chi connectivity index (χ4n) is 7.57. The van der Waals surface area contributed by atoms with Gasteiger partial charge in [-0.2, -0.15) is 17.6 Å². The van der Waals surface area contributed by atoms with Gasteiger partial charge in [-0.05, 0) is 117 Å². The SMILES string of the molecule is CCCC1CCC(C2CCC(C3CCC(c4cc(F)c(OC(F)(F)C=C(F)F)c(F)c4)CC3)CC2)CC1. The maximum atomic E-state index is 14.4. The zero-order chi connectivity index (χ0) is 26.6. The third kappa shape index (κ3) is 7.47. The maximum Gasteiger partial charge on any atom is 0.425 e. The summed E-state index contributed by atoms with van der Waals surface area (Å²) in [6.45, 7) is 2.28. The molecular weight excluding hydrogens is 490 g/mol. The van der Waals surface area contributed by atoms with E-state index in [1.807, 2.05) is 0 Å². The van der Waals surface area contributed by atoms with E-state index >= 15 is 0 Å². The molecule has 0 aliphatic heterocycles. The lowest BCUT2D eigenvalue weighted by atomic mass is 9.64. The smallest absolute Gasteiger partial charge is 0.423 e. The second-order valence-corrected chi connectivity index (χ2v) is 11.8. The first-order chi connectivity index (χ1) is 17.6. The molecule has 0 bridgehead atoms. The van der Waals surface area contributed by atoms with Gasteiger partial charge < -0.3 is 4.74 Å². The Morgan fingerprint density at radius 1 is 0.784 bits per heavy atom. The number of halogens is 6. The minimum Gasteiger partial charge on any atom is -0.423 e. The third-order valence-electron chi connectivity index (χ3n) is 9.52. The molecule has 0 atom stereocenters. The van der Waals surface area contributed by atoms with Crippen molar-refractivity contribution in [3.63, 3.8) is 0 Å². The van der Waals surface area contributed by atoms with Crippen molar-refractivity contribution in [2.75, 3.05) is 0 Å². The Morgan fingerprint density at radius 2 is 1.22 bits per heavy atom. The molecule has 3 fully saturated rings. The van der Waals surface area contributed by atoms with E-state index in [1.165, 1.54) is 64.2 Å². The van der Waals surface area contributed by atoms with Crippen molar-refractivity contribution in [2.45, 2.75) is 109 Å². The summed E-state index contributed by atoms with van der Waals surface area (Å²) in [7, 11) is 0. The number of hydrogen-bond acceptors (Lipinski definition) is 1. The van der Waals surface area contributed by atoms with Gasteiger partial charge in [-0.25, -0.2) is 8.78 Å². The molecule has 3 aliphatic rings. The Hall–Kier alpha value is -1.66. The summed E-state index contributed by atoms with van der Waals surface area (Å²) in [5.41, 5.74) is 0.415. The zero-order valence-electron chi connectivity index (χ0n) is 21.8. The van der Waals surface area contributed by atoms with Crippen LogP contribution in [0.25, 0.3) is 0 Å². The molecule has 3 aliphatic carbocycles. The summed E-state index contributed by atoms with van der Waals surface area (Å²) in [5, 5.41) is 0. The van der Waals surface area contributed by atoms with Crippen molar-refractivity contribution in [3.05, 3.63) is 41.5 Å². The molecule has 208 valence electrons. The second-order valence-electron chi connectivity index (χ2n) is 11.8. The molecule has 0 radical (unpaired) electrons. The largest absolute Gasteiger partial charge is 0.425 e. The van der Waals surface area contributed by atoms with Crippen LogP contribution in [0.15, 0.2) is 24.3 Å². The van der Waals surface area contributed by atoms with Gasteiger partial charge in [0, 0.05) is 0 Å². The normalized spacial score (nSPS) is 31.1. The van der Waals surface area contributed by atoms with Gasteiger partial charge in [0.25, 0.3) is 6.08 Å². The molecule has 0 unspecified atom stereocenters. The Bertz CT molecular complexity index is 880. The predicted molar refractivity (Wildman–Crippen MR) is 133 cm³/mol. The molecule has 1 nitrogen and oxygen atoms in total. The molecule has 0 heterocycles. The Kier molecular flexibility index (Phi) is 9.55. The van der Waals surface area contributed by atoms with E-state index in [9.17, 15) is 26.3 Å². The Labute approximate surface area is 217 Å². The first-order valence-electron chi connectivity index (χ1n) is 14.2.